The van der Waals surface area contributed by atoms with E-state index in [0.717, 1.165) is 55.5 Å². The third kappa shape index (κ3) is 4.22. The first-order valence-electron chi connectivity index (χ1n) is 12.6. The van der Waals surface area contributed by atoms with Crippen molar-refractivity contribution in [2.45, 2.75) is 58.5 Å². The molecular weight excluding hydrogens is 428 g/mol. The predicted molar refractivity (Wildman–Crippen MR) is 138 cm³/mol. The molecule has 0 atom stereocenters. The van der Waals surface area contributed by atoms with Gasteiger partial charge in [0, 0.05) is 50.0 Å². The van der Waals surface area contributed by atoms with Crippen LogP contribution in [0.2, 0.25) is 0 Å². The third-order valence-corrected chi connectivity index (χ3v) is 6.69. The number of benzene rings is 1. The number of anilines is 4. The van der Waals surface area contributed by atoms with E-state index in [-0.39, 0.29) is 11.6 Å². The van der Waals surface area contributed by atoms with Crippen molar-refractivity contribution in [1.29, 1.82) is 0 Å². The summed E-state index contributed by atoms with van der Waals surface area (Å²) < 4.78 is 7.49. The minimum Gasteiger partial charge on any atom is -0.381 e. The molecule has 8 heteroatoms. The summed E-state index contributed by atoms with van der Waals surface area (Å²) in [6.45, 7) is 8.94. The number of ether oxygens (including phenoxy) is 1. The maximum absolute atomic E-state index is 14.0. The van der Waals surface area contributed by atoms with Crippen LogP contribution in [0.5, 0.6) is 0 Å². The maximum Gasteiger partial charge on any atom is 0.276 e. The number of nitrogens with one attached hydrogen (secondary N) is 2. The molecule has 0 spiro atoms. The standard InChI is InChI=1S/C24H28N6O2.C2H6/c1-15-3-2-4-19-21(15)25-9-10-29(19)20-13-16-14-26-24(27-17-5-6-17)28-22(16)30(23(20)31)18-7-11-32-12-8-18;1-2/h2-4,13-14,17-18,25H,5-12H2,1H3,(H,26,27,28);1-2H3. The average molecular weight is 463 g/mol. The van der Waals surface area contributed by atoms with Gasteiger partial charge >= 0.3 is 0 Å². The van der Waals surface area contributed by atoms with E-state index < -0.39 is 0 Å². The highest BCUT2D eigenvalue weighted by molar-refractivity contribution is 5.85. The van der Waals surface area contributed by atoms with Gasteiger partial charge in [-0.25, -0.2) is 4.98 Å². The van der Waals surface area contributed by atoms with Crippen molar-refractivity contribution in [2.24, 2.45) is 0 Å². The van der Waals surface area contributed by atoms with Crippen molar-refractivity contribution in [3.8, 4) is 0 Å². The largest absolute Gasteiger partial charge is 0.381 e. The normalized spacial score (nSPS) is 18.0. The highest BCUT2D eigenvalue weighted by atomic mass is 16.5. The molecule has 1 saturated carbocycles. The van der Waals surface area contributed by atoms with Gasteiger partial charge < -0.3 is 20.3 Å². The highest BCUT2D eigenvalue weighted by Gasteiger charge is 2.27. The first-order chi connectivity index (χ1) is 16.7. The molecule has 1 aliphatic carbocycles. The fourth-order valence-electron chi connectivity index (χ4n) is 4.83. The number of rotatable bonds is 4. The Labute approximate surface area is 200 Å². The van der Waals surface area contributed by atoms with Gasteiger partial charge in [-0.05, 0) is 50.3 Å². The van der Waals surface area contributed by atoms with Crippen LogP contribution < -0.4 is 21.1 Å². The number of para-hydroxylation sites is 1. The minimum atomic E-state index is 0.00910. The second-order valence-corrected chi connectivity index (χ2v) is 8.99. The van der Waals surface area contributed by atoms with Gasteiger partial charge in [-0.2, -0.15) is 4.98 Å². The van der Waals surface area contributed by atoms with Crippen molar-refractivity contribution in [3.63, 3.8) is 0 Å². The Kier molecular flexibility index (Phi) is 6.41. The molecule has 0 radical (unpaired) electrons. The van der Waals surface area contributed by atoms with Gasteiger partial charge in [0.05, 0.1) is 11.4 Å². The molecule has 2 fully saturated rings. The molecule has 0 amide bonds. The monoisotopic (exact) mass is 462 g/mol. The zero-order chi connectivity index (χ0) is 23.7. The summed E-state index contributed by atoms with van der Waals surface area (Å²) >= 11 is 0. The third-order valence-electron chi connectivity index (χ3n) is 6.69. The SMILES string of the molecule is CC.Cc1cccc2c1NCCN2c1cc2cnc(NC3CC3)nc2n(C2CCOCC2)c1=O. The van der Waals surface area contributed by atoms with Crippen molar-refractivity contribution in [2.75, 3.05) is 41.8 Å². The van der Waals surface area contributed by atoms with Crippen molar-refractivity contribution in [1.82, 2.24) is 14.5 Å². The lowest BCUT2D eigenvalue weighted by molar-refractivity contribution is 0.0697. The number of nitrogens with zero attached hydrogens (tertiary/aromatic N) is 4. The van der Waals surface area contributed by atoms with Crippen LogP contribution in [-0.4, -0.2) is 46.9 Å². The first kappa shape index (κ1) is 22.7. The van der Waals surface area contributed by atoms with E-state index in [0.29, 0.717) is 36.5 Å². The number of hydrogen-bond donors (Lipinski definition) is 2. The fraction of sp³-hybridized carbons (Fsp3) is 0.500. The maximum atomic E-state index is 14.0. The van der Waals surface area contributed by atoms with E-state index in [1.807, 2.05) is 36.7 Å². The molecule has 2 aromatic heterocycles. The predicted octanol–water partition coefficient (Wildman–Crippen LogP) is 4.62. The van der Waals surface area contributed by atoms with Crippen molar-refractivity contribution < 1.29 is 4.74 Å². The molecule has 0 unspecified atom stereocenters. The smallest absolute Gasteiger partial charge is 0.276 e. The van der Waals surface area contributed by atoms with Gasteiger partial charge in [-0.15, -0.1) is 0 Å². The Hall–Kier alpha value is -3.13. The molecule has 4 heterocycles. The minimum absolute atomic E-state index is 0.00910. The van der Waals surface area contributed by atoms with E-state index in [1.165, 1.54) is 5.56 Å². The first-order valence-corrected chi connectivity index (χ1v) is 12.6. The second-order valence-electron chi connectivity index (χ2n) is 8.99. The van der Waals surface area contributed by atoms with E-state index in [2.05, 4.69) is 39.6 Å². The average Bonchev–Trinajstić information content (AvgIpc) is 3.70. The number of aromatic nitrogens is 3. The molecule has 6 rings (SSSR count). The van der Waals surface area contributed by atoms with E-state index in [1.54, 1.807) is 0 Å². The van der Waals surface area contributed by atoms with Gasteiger partial charge in [0.15, 0.2) is 0 Å². The Morgan fingerprint density at radius 3 is 2.68 bits per heavy atom. The second kappa shape index (κ2) is 9.62. The van der Waals surface area contributed by atoms with Crippen LogP contribution in [0.1, 0.15) is 51.1 Å². The lowest BCUT2D eigenvalue weighted by Crippen LogP contribution is -2.37. The van der Waals surface area contributed by atoms with E-state index in [9.17, 15) is 4.79 Å². The van der Waals surface area contributed by atoms with Crippen LogP contribution in [0.4, 0.5) is 23.0 Å². The summed E-state index contributed by atoms with van der Waals surface area (Å²) in [5.41, 5.74) is 4.72. The van der Waals surface area contributed by atoms with E-state index >= 15 is 0 Å². The van der Waals surface area contributed by atoms with E-state index in [4.69, 9.17) is 9.72 Å². The quantitative estimate of drug-likeness (QED) is 0.585. The topological polar surface area (TPSA) is 84.3 Å². The molecule has 8 nitrogen and oxygen atoms in total. The lowest BCUT2D eigenvalue weighted by Gasteiger charge is -2.34. The molecule has 2 aliphatic heterocycles. The van der Waals surface area contributed by atoms with Crippen molar-refractivity contribution >= 4 is 34.0 Å². The molecule has 1 aromatic carbocycles. The number of aryl methyl sites for hydroxylation is 1. The summed E-state index contributed by atoms with van der Waals surface area (Å²) in [6, 6.07) is 8.71. The number of pyridine rings is 1. The van der Waals surface area contributed by atoms with Gasteiger partial charge in [0.2, 0.25) is 5.95 Å². The van der Waals surface area contributed by atoms with Crippen molar-refractivity contribution in [3.05, 3.63) is 46.4 Å². The Morgan fingerprint density at radius 1 is 1.12 bits per heavy atom. The summed E-state index contributed by atoms with van der Waals surface area (Å²) in [5.74, 6) is 0.608. The number of fused-ring (bicyclic) bond motifs is 2. The zero-order valence-electron chi connectivity index (χ0n) is 20.3. The van der Waals surface area contributed by atoms with Gasteiger partial charge in [-0.1, -0.05) is 26.0 Å². The van der Waals surface area contributed by atoms with Crippen LogP contribution in [-0.2, 0) is 4.74 Å². The lowest BCUT2D eigenvalue weighted by atomic mass is 10.1. The summed E-state index contributed by atoms with van der Waals surface area (Å²) in [6.07, 6.45) is 5.77. The van der Waals surface area contributed by atoms with Gasteiger partial charge in [0.1, 0.15) is 11.3 Å². The van der Waals surface area contributed by atoms with Crippen LogP contribution in [0.15, 0.2) is 35.3 Å². The molecular formula is C26H34N6O2. The Balaban J connectivity index is 0.00000117. The zero-order valence-corrected chi connectivity index (χ0v) is 20.3. The molecule has 3 aliphatic rings. The van der Waals surface area contributed by atoms with Crippen LogP contribution in [0.25, 0.3) is 11.0 Å². The molecule has 180 valence electrons. The highest BCUT2D eigenvalue weighted by Crippen LogP contribution is 2.37. The van der Waals surface area contributed by atoms with Crippen LogP contribution >= 0.6 is 0 Å². The molecule has 1 saturated heterocycles. The number of hydrogen-bond acceptors (Lipinski definition) is 7. The molecule has 0 bridgehead atoms. The molecule has 34 heavy (non-hydrogen) atoms. The summed E-state index contributed by atoms with van der Waals surface area (Å²) in [7, 11) is 0. The van der Waals surface area contributed by atoms with Gasteiger partial charge in [0.25, 0.3) is 5.56 Å². The fourth-order valence-corrected chi connectivity index (χ4v) is 4.83. The van der Waals surface area contributed by atoms with Gasteiger partial charge in [-0.3, -0.25) is 9.36 Å². The molecule has 2 N–H and O–H groups in total. The Bertz CT molecular complexity index is 1230. The van der Waals surface area contributed by atoms with Crippen LogP contribution in [0, 0.1) is 6.92 Å². The van der Waals surface area contributed by atoms with Crippen LogP contribution in [0.3, 0.4) is 0 Å². The molecule has 3 aromatic rings. The Morgan fingerprint density at radius 2 is 1.91 bits per heavy atom. The summed E-state index contributed by atoms with van der Waals surface area (Å²) in [5, 5.41) is 7.76. The summed E-state index contributed by atoms with van der Waals surface area (Å²) in [4.78, 5) is 25.5.